The van der Waals surface area contributed by atoms with Gasteiger partial charge in [0.1, 0.15) is 0 Å². The Hall–Kier alpha value is -0.310. The van der Waals surface area contributed by atoms with E-state index in [1.165, 1.54) is 0 Å². The second-order valence-electron chi connectivity index (χ2n) is 2.47. The summed E-state index contributed by atoms with van der Waals surface area (Å²) in [6, 6.07) is 0. The van der Waals surface area contributed by atoms with Gasteiger partial charge in [0.05, 0.1) is 12.4 Å². The maximum absolute atomic E-state index is 10.9. The molecule has 0 aromatic rings. The number of ketones is 1. The number of alkyl halides is 1. The molecule has 0 heterocycles. The molecule has 1 rings (SSSR count). The molecule has 62 valence electrons. The van der Waals surface area contributed by atoms with Gasteiger partial charge in [-0.3, -0.25) is 4.79 Å². The van der Waals surface area contributed by atoms with Crippen molar-refractivity contribution in [2.45, 2.75) is 19.3 Å². The Morgan fingerprint density at radius 2 is 2.36 bits per heavy atom. The largest absolute Gasteiger partial charge is 0.497 e. The highest BCUT2D eigenvalue weighted by atomic mass is 79.9. The zero-order chi connectivity index (χ0) is 8.10. The lowest BCUT2D eigenvalue weighted by Gasteiger charge is -2.12. The summed E-state index contributed by atoms with van der Waals surface area (Å²) in [4.78, 5) is 10.9. The Morgan fingerprint density at radius 1 is 1.55 bits per heavy atom. The number of hydrogen-bond donors (Lipinski definition) is 0. The normalized spacial score (nSPS) is 17.9. The molecule has 2 nitrogen and oxygen atoms in total. The number of rotatable bonds is 3. The Bertz CT molecular complexity index is 175. The summed E-state index contributed by atoms with van der Waals surface area (Å²) in [7, 11) is 0. The Labute approximate surface area is 74.7 Å². The lowest BCUT2D eigenvalue weighted by molar-refractivity contribution is -0.115. The number of ether oxygens (including phenoxy) is 1. The number of allylic oxidation sites excluding steroid dienone is 2. The van der Waals surface area contributed by atoms with Crippen LogP contribution in [0.25, 0.3) is 0 Å². The minimum atomic E-state index is 0.195. The molecule has 0 amide bonds. The van der Waals surface area contributed by atoms with Gasteiger partial charge >= 0.3 is 0 Å². The number of hydrogen-bond acceptors (Lipinski definition) is 2. The second-order valence-corrected chi connectivity index (χ2v) is 3.26. The first kappa shape index (κ1) is 8.78. The zero-order valence-corrected chi connectivity index (χ0v) is 7.89. The van der Waals surface area contributed by atoms with Crippen LogP contribution in [0.5, 0.6) is 0 Å². The first-order valence-corrected chi connectivity index (χ1v) is 4.87. The standard InChI is InChI=1S/C8H11BrO2/c9-4-5-11-8-3-1-2-7(10)6-8/h6H,1-5H2. The van der Waals surface area contributed by atoms with Crippen LogP contribution in [-0.4, -0.2) is 17.7 Å². The second kappa shape index (κ2) is 4.54. The summed E-state index contributed by atoms with van der Waals surface area (Å²) in [6.45, 7) is 0.652. The Kier molecular flexibility index (Phi) is 3.63. The van der Waals surface area contributed by atoms with Crippen molar-refractivity contribution in [3.05, 3.63) is 11.8 Å². The first-order chi connectivity index (χ1) is 5.33. The van der Waals surface area contributed by atoms with E-state index in [-0.39, 0.29) is 5.78 Å². The van der Waals surface area contributed by atoms with Crippen LogP contribution < -0.4 is 0 Å². The number of halogens is 1. The highest BCUT2D eigenvalue weighted by Gasteiger charge is 2.09. The van der Waals surface area contributed by atoms with Crippen molar-refractivity contribution in [1.82, 2.24) is 0 Å². The molecule has 0 unspecified atom stereocenters. The smallest absolute Gasteiger partial charge is 0.159 e. The predicted molar refractivity (Wildman–Crippen MR) is 46.7 cm³/mol. The van der Waals surface area contributed by atoms with Gasteiger partial charge in [-0.15, -0.1) is 0 Å². The van der Waals surface area contributed by atoms with Gasteiger partial charge in [-0.05, 0) is 6.42 Å². The predicted octanol–water partition coefficient (Wildman–Crippen LogP) is 2.03. The van der Waals surface area contributed by atoms with E-state index in [0.717, 1.165) is 23.9 Å². The van der Waals surface area contributed by atoms with E-state index in [1.54, 1.807) is 6.08 Å². The summed E-state index contributed by atoms with van der Waals surface area (Å²) in [6.07, 6.45) is 4.15. The van der Waals surface area contributed by atoms with Crippen LogP contribution in [0.4, 0.5) is 0 Å². The fourth-order valence-corrected chi connectivity index (χ4v) is 1.21. The lowest BCUT2D eigenvalue weighted by atomic mass is 10.1. The van der Waals surface area contributed by atoms with Crippen molar-refractivity contribution in [3.8, 4) is 0 Å². The average Bonchev–Trinajstić information content (AvgIpc) is 2.01. The van der Waals surface area contributed by atoms with Gasteiger partial charge in [0, 0.05) is 24.2 Å². The third-order valence-corrected chi connectivity index (χ3v) is 1.86. The molecule has 0 saturated carbocycles. The van der Waals surface area contributed by atoms with Gasteiger partial charge in [0.15, 0.2) is 5.78 Å². The van der Waals surface area contributed by atoms with E-state index >= 15 is 0 Å². The summed E-state index contributed by atoms with van der Waals surface area (Å²) >= 11 is 3.25. The molecule has 1 aliphatic rings. The van der Waals surface area contributed by atoms with E-state index < -0.39 is 0 Å². The van der Waals surface area contributed by atoms with Crippen molar-refractivity contribution in [2.75, 3.05) is 11.9 Å². The highest BCUT2D eigenvalue weighted by molar-refractivity contribution is 9.09. The maximum Gasteiger partial charge on any atom is 0.159 e. The molecule has 0 aromatic heterocycles. The molecule has 0 spiro atoms. The minimum Gasteiger partial charge on any atom is -0.497 e. The van der Waals surface area contributed by atoms with Gasteiger partial charge in [-0.2, -0.15) is 0 Å². The molecule has 11 heavy (non-hydrogen) atoms. The Morgan fingerprint density at radius 3 is 3.00 bits per heavy atom. The van der Waals surface area contributed by atoms with Crippen LogP contribution in [-0.2, 0) is 9.53 Å². The third kappa shape index (κ3) is 3.06. The summed E-state index contributed by atoms with van der Waals surface area (Å²) in [5.41, 5.74) is 0. The van der Waals surface area contributed by atoms with E-state index in [1.807, 2.05) is 0 Å². The summed E-state index contributed by atoms with van der Waals surface area (Å²) in [5.74, 6) is 1.04. The molecule has 0 bridgehead atoms. The van der Waals surface area contributed by atoms with Crippen molar-refractivity contribution >= 4 is 21.7 Å². The number of carbonyl (C=O) groups excluding carboxylic acids is 1. The van der Waals surface area contributed by atoms with Crippen molar-refractivity contribution in [1.29, 1.82) is 0 Å². The SMILES string of the molecule is O=C1C=C(OCCBr)CCC1. The molecule has 0 aliphatic heterocycles. The van der Waals surface area contributed by atoms with Gasteiger partial charge < -0.3 is 4.74 Å². The molecule has 0 radical (unpaired) electrons. The molecule has 0 N–H and O–H groups in total. The molecule has 0 fully saturated rings. The van der Waals surface area contributed by atoms with Crippen LogP contribution >= 0.6 is 15.9 Å². The maximum atomic E-state index is 10.9. The summed E-state index contributed by atoms with van der Waals surface area (Å²) < 4.78 is 5.30. The molecule has 0 atom stereocenters. The quantitative estimate of drug-likeness (QED) is 0.679. The van der Waals surface area contributed by atoms with E-state index in [9.17, 15) is 4.79 Å². The van der Waals surface area contributed by atoms with Crippen LogP contribution in [0, 0.1) is 0 Å². The monoisotopic (exact) mass is 218 g/mol. The molecular weight excluding hydrogens is 208 g/mol. The van der Waals surface area contributed by atoms with Gasteiger partial charge in [0.25, 0.3) is 0 Å². The lowest BCUT2D eigenvalue weighted by Crippen LogP contribution is -2.06. The van der Waals surface area contributed by atoms with E-state index in [0.29, 0.717) is 13.0 Å². The molecule has 0 aromatic carbocycles. The van der Waals surface area contributed by atoms with Gasteiger partial charge in [0.2, 0.25) is 0 Å². The fourth-order valence-electron chi connectivity index (χ4n) is 1.04. The average molecular weight is 219 g/mol. The van der Waals surface area contributed by atoms with Crippen LogP contribution in [0.1, 0.15) is 19.3 Å². The van der Waals surface area contributed by atoms with Gasteiger partial charge in [-0.1, -0.05) is 15.9 Å². The summed E-state index contributed by atoms with van der Waals surface area (Å²) in [5, 5.41) is 0.818. The molecule has 1 aliphatic carbocycles. The fraction of sp³-hybridized carbons (Fsp3) is 0.625. The van der Waals surface area contributed by atoms with Crippen LogP contribution in [0.15, 0.2) is 11.8 Å². The van der Waals surface area contributed by atoms with Gasteiger partial charge in [-0.25, -0.2) is 0 Å². The van der Waals surface area contributed by atoms with Crippen molar-refractivity contribution < 1.29 is 9.53 Å². The van der Waals surface area contributed by atoms with Crippen LogP contribution in [0.2, 0.25) is 0 Å². The van der Waals surface area contributed by atoms with Crippen molar-refractivity contribution in [2.24, 2.45) is 0 Å². The molecule has 0 saturated heterocycles. The topological polar surface area (TPSA) is 26.3 Å². The van der Waals surface area contributed by atoms with Crippen molar-refractivity contribution in [3.63, 3.8) is 0 Å². The Balaban J connectivity index is 2.37. The minimum absolute atomic E-state index is 0.195. The highest BCUT2D eigenvalue weighted by Crippen LogP contribution is 2.15. The van der Waals surface area contributed by atoms with Crippen LogP contribution in [0.3, 0.4) is 0 Å². The molecular formula is C8H11BrO2. The van der Waals surface area contributed by atoms with E-state index in [4.69, 9.17) is 4.74 Å². The third-order valence-electron chi connectivity index (χ3n) is 1.53. The molecule has 3 heteroatoms. The first-order valence-electron chi connectivity index (χ1n) is 3.75. The van der Waals surface area contributed by atoms with E-state index in [2.05, 4.69) is 15.9 Å². The zero-order valence-electron chi connectivity index (χ0n) is 6.31. The number of carbonyl (C=O) groups is 1.